The van der Waals surface area contributed by atoms with Gasteiger partial charge in [-0.2, -0.15) is 0 Å². The Hall–Kier alpha value is -0.930. The van der Waals surface area contributed by atoms with Gasteiger partial charge in [-0.05, 0) is 31.0 Å². The highest BCUT2D eigenvalue weighted by Crippen LogP contribution is 2.24. The SMILES string of the molecule is CCCCCCCCCCCCCCCCCOC(=O)c1ccc(C)cc1N(CCCl)CCCl. The lowest BCUT2D eigenvalue weighted by molar-refractivity contribution is 0.0498. The lowest BCUT2D eigenvalue weighted by atomic mass is 10.0. The van der Waals surface area contributed by atoms with Crippen LogP contribution in [0.3, 0.4) is 0 Å². The highest BCUT2D eigenvalue weighted by Gasteiger charge is 2.17. The Balaban J connectivity index is 2.14. The zero-order chi connectivity index (χ0) is 24.9. The number of rotatable bonds is 22. The molecule has 0 aromatic heterocycles. The molecule has 0 N–H and O–H groups in total. The van der Waals surface area contributed by atoms with Crippen molar-refractivity contribution in [3.8, 4) is 0 Å². The number of hydrogen-bond donors (Lipinski definition) is 0. The molecule has 0 saturated heterocycles. The van der Waals surface area contributed by atoms with Crippen molar-refractivity contribution >= 4 is 34.9 Å². The summed E-state index contributed by atoms with van der Waals surface area (Å²) in [4.78, 5) is 14.8. The number of alkyl halides is 2. The fraction of sp³-hybridized carbons (Fsp3) is 0.759. The van der Waals surface area contributed by atoms with Crippen LogP contribution in [0.25, 0.3) is 0 Å². The van der Waals surface area contributed by atoms with Crippen molar-refractivity contribution in [2.24, 2.45) is 0 Å². The highest BCUT2D eigenvalue weighted by molar-refractivity contribution is 6.18. The first-order valence-corrected chi connectivity index (χ1v) is 14.9. The van der Waals surface area contributed by atoms with Gasteiger partial charge in [0.1, 0.15) is 0 Å². The van der Waals surface area contributed by atoms with Crippen molar-refractivity contribution < 1.29 is 9.53 Å². The molecule has 0 fully saturated rings. The van der Waals surface area contributed by atoms with E-state index in [1.54, 1.807) is 0 Å². The third-order valence-corrected chi connectivity index (χ3v) is 6.74. The Labute approximate surface area is 219 Å². The predicted molar refractivity (Wildman–Crippen MR) is 150 cm³/mol. The highest BCUT2D eigenvalue weighted by atomic mass is 35.5. The maximum absolute atomic E-state index is 12.7. The van der Waals surface area contributed by atoms with Crippen LogP contribution in [0.1, 0.15) is 119 Å². The largest absolute Gasteiger partial charge is 0.462 e. The number of hydrogen-bond acceptors (Lipinski definition) is 3. The number of benzene rings is 1. The third-order valence-electron chi connectivity index (χ3n) is 6.40. The van der Waals surface area contributed by atoms with Gasteiger partial charge < -0.3 is 9.64 Å². The fourth-order valence-corrected chi connectivity index (χ4v) is 4.76. The molecule has 0 radical (unpaired) electrons. The first kappa shape index (κ1) is 31.1. The molecule has 34 heavy (non-hydrogen) atoms. The summed E-state index contributed by atoms with van der Waals surface area (Å²) in [7, 11) is 0. The number of unbranched alkanes of at least 4 members (excludes halogenated alkanes) is 14. The second kappa shape index (κ2) is 21.4. The zero-order valence-electron chi connectivity index (χ0n) is 21.9. The molecular weight excluding hydrogens is 465 g/mol. The topological polar surface area (TPSA) is 29.5 Å². The van der Waals surface area contributed by atoms with Gasteiger partial charge in [-0.1, -0.05) is 103 Å². The summed E-state index contributed by atoms with van der Waals surface area (Å²) in [5.41, 5.74) is 2.56. The molecule has 0 saturated carbocycles. The maximum Gasteiger partial charge on any atom is 0.340 e. The van der Waals surface area contributed by atoms with Gasteiger partial charge in [0.2, 0.25) is 0 Å². The normalized spacial score (nSPS) is 11.1. The quantitative estimate of drug-likeness (QED) is 0.0877. The molecule has 0 unspecified atom stereocenters. The summed E-state index contributed by atoms with van der Waals surface area (Å²) < 4.78 is 5.60. The number of anilines is 1. The number of aryl methyl sites for hydroxylation is 1. The lowest BCUT2D eigenvalue weighted by Crippen LogP contribution is -2.29. The molecule has 196 valence electrons. The van der Waals surface area contributed by atoms with E-state index in [0.29, 0.717) is 37.0 Å². The molecule has 1 aromatic carbocycles. The number of esters is 1. The van der Waals surface area contributed by atoms with Crippen molar-refractivity contribution in [1.29, 1.82) is 0 Å². The first-order valence-electron chi connectivity index (χ1n) is 13.8. The van der Waals surface area contributed by atoms with Crippen LogP contribution in [0.4, 0.5) is 5.69 Å². The fourth-order valence-electron chi connectivity index (χ4n) is 4.35. The number of ether oxygens (including phenoxy) is 1. The molecule has 0 aliphatic carbocycles. The average Bonchev–Trinajstić information content (AvgIpc) is 2.83. The summed E-state index contributed by atoms with van der Waals surface area (Å²) in [5, 5.41) is 0. The van der Waals surface area contributed by atoms with Crippen LogP contribution < -0.4 is 4.90 Å². The van der Waals surface area contributed by atoms with Crippen LogP contribution in [0.15, 0.2) is 18.2 Å². The summed E-state index contributed by atoms with van der Waals surface area (Å²) in [5.74, 6) is 0.714. The van der Waals surface area contributed by atoms with Crippen molar-refractivity contribution in [2.45, 2.75) is 110 Å². The summed E-state index contributed by atoms with van der Waals surface area (Å²) in [6.07, 6.45) is 19.9. The van der Waals surface area contributed by atoms with Crippen LogP contribution in [0.5, 0.6) is 0 Å². The van der Waals surface area contributed by atoms with Gasteiger partial charge in [0.25, 0.3) is 0 Å². The molecule has 0 spiro atoms. The van der Waals surface area contributed by atoms with E-state index < -0.39 is 0 Å². The van der Waals surface area contributed by atoms with Crippen LogP contribution in [0, 0.1) is 6.92 Å². The van der Waals surface area contributed by atoms with E-state index in [2.05, 4.69) is 11.8 Å². The van der Waals surface area contributed by atoms with E-state index in [4.69, 9.17) is 27.9 Å². The van der Waals surface area contributed by atoms with Crippen molar-refractivity contribution in [1.82, 2.24) is 0 Å². The molecule has 0 aliphatic rings. The molecule has 5 heteroatoms. The van der Waals surface area contributed by atoms with E-state index in [1.807, 2.05) is 25.1 Å². The minimum absolute atomic E-state index is 0.255. The molecule has 1 aromatic rings. The smallest absolute Gasteiger partial charge is 0.340 e. The molecule has 0 heterocycles. The summed E-state index contributed by atoms with van der Waals surface area (Å²) in [6.45, 7) is 6.08. The second-order valence-electron chi connectivity index (χ2n) is 9.47. The molecule has 0 amide bonds. The third kappa shape index (κ3) is 14.5. The Morgan fingerprint density at radius 1 is 0.765 bits per heavy atom. The minimum Gasteiger partial charge on any atom is -0.462 e. The Morgan fingerprint density at radius 3 is 1.71 bits per heavy atom. The molecule has 1 rings (SSSR count). The number of nitrogens with zero attached hydrogens (tertiary/aromatic N) is 1. The van der Waals surface area contributed by atoms with Crippen molar-refractivity contribution in [3.63, 3.8) is 0 Å². The van der Waals surface area contributed by atoms with E-state index >= 15 is 0 Å². The first-order chi connectivity index (χ1) is 16.6. The van der Waals surface area contributed by atoms with Crippen molar-refractivity contribution in [2.75, 3.05) is 36.4 Å². The van der Waals surface area contributed by atoms with Gasteiger partial charge in [0.05, 0.1) is 17.9 Å². The summed E-state index contributed by atoms with van der Waals surface area (Å²) >= 11 is 11.9. The van der Waals surface area contributed by atoms with Crippen LogP contribution in [-0.4, -0.2) is 37.4 Å². The monoisotopic (exact) mass is 513 g/mol. The van der Waals surface area contributed by atoms with E-state index in [1.165, 1.54) is 83.5 Å². The second-order valence-corrected chi connectivity index (χ2v) is 10.2. The van der Waals surface area contributed by atoms with Gasteiger partial charge >= 0.3 is 5.97 Å². The molecule has 0 atom stereocenters. The average molecular weight is 515 g/mol. The molecule has 0 bridgehead atoms. The summed E-state index contributed by atoms with van der Waals surface area (Å²) in [6, 6.07) is 5.82. The van der Waals surface area contributed by atoms with Crippen LogP contribution >= 0.6 is 23.2 Å². The van der Waals surface area contributed by atoms with Crippen molar-refractivity contribution in [3.05, 3.63) is 29.3 Å². The Bertz CT molecular complexity index is 633. The molecular formula is C29H49Cl2NO2. The maximum atomic E-state index is 12.7. The predicted octanol–water partition coefficient (Wildman–Crippen LogP) is 9.31. The van der Waals surface area contributed by atoms with Crippen LogP contribution in [0.2, 0.25) is 0 Å². The van der Waals surface area contributed by atoms with E-state index in [-0.39, 0.29) is 5.97 Å². The zero-order valence-corrected chi connectivity index (χ0v) is 23.4. The van der Waals surface area contributed by atoms with Crippen LogP contribution in [-0.2, 0) is 4.74 Å². The van der Waals surface area contributed by atoms with Gasteiger partial charge in [-0.25, -0.2) is 4.79 Å². The van der Waals surface area contributed by atoms with Gasteiger partial charge in [-0.3, -0.25) is 0 Å². The Kier molecular flexibility index (Phi) is 19.5. The molecule has 0 aliphatic heterocycles. The lowest BCUT2D eigenvalue weighted by Gasteiger charge is -2.25. The van der Waals surface area contributed by atoms with Gasteiger partial charge in [-0.15, -0.1) is 23.2 Å². The van der Waals surface area contributed by atoms with E-state index in [9.17, 15) is 4.79 Å². The number of halogens is 2. The van der Waals surface area contributed by atoms with E-state index in [0.717, 1.165) is 24.1 Å². The van der Waals surface area contributed by atoms with Gasteiger partial charge in [0, 0.05) is 24.8 Å². The minimum atomic E-state index is -0.255. The standard InChI is InChI=1S/C29H49Cl2NO2/c1-3-4-5-6-7-8-9-10-11-12-13-14-15-16-17-24-34-29(33)27-19-18-26(2)25-28(27)32(22-20-30)23-21-31/h18-19,25H,3-17,20-24H2,1-2H3. The number of carbonyl (C=O) groups is 1. The molecule has 3 nitrogen and oxygen atoms in total. The van der Waals surface area contributed by atoms with Gasteiger partial charge in [0.15, 0.2) is 0 Å². The Morgan fingerprint density at radius 2 is 1.24 bits per heavy atom. The number of carbonyl (C=O) groups excluding carboxylic acids is 1.